The van der Waals surface area contributed by atoms with Crippen molar-refractivity contribution in [2.75, 3.05) is 12.5 Å². The van der Waals surface area contributed by atoms with Crippen LogP contribution in [-0.4, -0.2) is 20.9 Å². The lowest BCUT2D eigenvalue weighted by molar-refractivity contribution is 0.604. The van der Waals surface area contributed by atoms with E-state index in [9.17, 15) is 8.42 Å². The number of rotatable bonds is 4. The number of halogens is 1. The SMILES string of the molecule is CSc1sc(C)cc1/S(=N\S(C)(=O)=O)c1cccc(Br)c1. The maximum Gasteiger partial charge on any atom is 0.256 e. The lowest BCUT2D eigenvalue weighted by atomic mass is 10.4. The minimum Gasteiger partial charge on any atom is -0.204 e. The third-order valence-electron chi connectivity index (χ3n) is 2.41. The van der Waals surface area contributed by atoms with Gasteiger partial charge in [-0.15, -0.1) is 26.9 Å². The molecule has 0 aliphatic rings. The highest BCUT2D eigenvalue weighted by atomic mass is 79.9. The number of hydrogen-bond donors (Lipinski definition) is 0. The zero-order chi connectivity index (χ0) is 15.6. The average molecular weight is 424 g/mol. The number of aryl methyl sites for hydroxylation is 1. The van der Waals surface area contributed by atoms with Crippen LogP contribution < -0.4 is 0 Å². The Morgan fingerprint density at radius 1 is 1.33 bits per heavy atom. The Kier molecular flexibility index (Phi) is 5.70. The van der Waals surface area contributed by atoms with Crippen LogP contribution in [0.2, 0.25) is 0 Å². The number of nitrogens with zero attached hydrogens (tertiary/aromatic N) is 1. The minimum absolute atomic E-state index is 0.825. The number of thioether (sulfide) groups is 1. The number of sulfonamides is 1. The molecule has 0 aliphatic heterocycles. The minimum atomic E-state index is -3.43. The molecule has 0 spiro atoms. The Hall–Kier alpha value is -0.150. The van der Waals surface area contributed by atoms with E-state index < -0.39 is 20.7 Å². The molecule has 1 aromatic heterocycles. The molecule has 0 saturated carbocycles. The summed E-state index contributed by atoms with van der Waals surface area (Å²) in [6, 6.07) is 9.69. The van der Waals surface area contributed by atoms with E-state index in [-0.39, 0.29) is 0 Å². The summed E-state index contributed by atoms with van der Waals surface area (Å²) >= 11 is 6.73. The van der Waals surface area contributed by atoms with Crippen LogP contribution in [0.25, 0.3) is 0 Å². The van der Waals surface area contributed by atoms with Crippen molar-refractivity contribution in [1.29, 1.82) is 0 Å². The molecule has 2 aromatic rings. The predicted molar refractivity (Wildman–Crippen MR) is 96.1 cm³/mol. The van der Waals surface area contributed by atoms with E-state index in [4.69, 9.17) is 0 Å². The van der Waals surface area contributed by atoms with E-state index in [1.54, 1.807) is 23.1 Å². The summed E-state index contributed by atoms with van der Waals surface area (Å²) in [6.07, 6.45) is 3.14. The van der Waals surface area contributed by atoms with Gasteiger partial charge in [-0.3, -0.25) is 0 Å². The Bertz CT molecular complexity index is 796. The summed E-state index contributed by atoms with van der Waals surface area (Å²) in [6.45, 7) is 2.02. The van der Waals surface area contributed by atoms with Gasteiger partial charge in [0.1, 0.15) is 0 Å². The van der Waals surface area contributed by atoms with Gasteiger partial charge < -0.3 is 0 Å². The number of thiophene rings is 1. The first-order valence-electron chi connectivity index (χ1n) is 5.87. The average Bonchev–Trinajstić information content (AvgIpc) is 2.76. The topological polar surface area (TPSA) is 46.5 Å². The van der Waals surface area contributed by atoms with Gasteiger partial charge >= 0.3 is 0 Å². The zero-order valence-corrected chi connectivity index (χ0v) is 16.5. The van der Waals surface area contributed by atoms with Gasteiger partial charge in [0.15, 0.2) is 0 Å². The summed E-state index contributed by atoms with van der Waals surface area (Å²) in [5.41, 5.74) is 0. The van der Waals surface area contributed by atoms with Crippen molar-refractivity contribution in [3.8, 4) is 0 Å². The van der Waals surface area contributed by atoms with Crippen LogP contribution in [0.15, 0.2) is 52.6 Å². The van der Waals surface area contributed by atoms with Gasteiger partial charge in [0.2, 0.25) is 0 Å². The second-order valence-corrected chi connectivity index (χ2v) is 11.1. The van der Waals surface area contributed by atoms with Crippen LogP contribution >= 0.6 is 39.0 Å². The van der Waals surface area contributed by atoms with E-state index in [1.165, 1.54) is 0 Å². The van der Waals surface area contributed by atoms with Crippen LogP contribution in [0.4, 0.5) is 0 Å². The fourth-order valence-corrected chi connectivity index (χ4v) is 7.66. The van der Waals surface area contributed by atoms with E-state index >= 15 is 0 Å². The first kappa shape index (κ1) is 17.2. The smallest absolute Gasteiger partial charge is 0.204 e. The summed E-state index contributed by atoms with van der Waals surface area (Å²) in [4.78, 5) is 3.03. The molecule has 0 bridgehead atoms. The molecule has 2 rings (SSSR count). The highest BCUT2D eigenvalue weighted by Gasteiger charge is 2.16. The highest BCUT2D eigenvalue weighted by Crippen LogP contribution is 2.36. The summed E-state index contributed by atoms with van der Waals surface area (Å²) in [5.74, 6) is 0. The quantitative estimate of drug-likeness (QED) is 0.668. The molecular formula is C13H14BrNO2S4. The monoisotopic (exact) mass is 423 g/mol. The van der Waals surface area contributed by atoms with E-state index in [0.717, 1.165) is 29.6 Å². The Labute approximate surface area is 144 Å². The van der Waals surface area contributed by atoms with Crippen molar-refractivity contribution in [3.05, 3.63) is 39.7 Å². The molecule has 0 saturated heterocycles. The molecule has 1 unspecified atom stereocenters. The number of benzene rings is 1. The van der Waals surface area contributed by atoms with Crippen LogP contribution in [-0.2, 0) is 20.7 Å². The Morgan fingerprint density at radius 2 is 2.05 bits per heavy atom. The van der Waals surface area contributed by atoms with Gasteiger partial charge in [0.05, 0.1) is 10.5 Å². The van der Waals surface area contributed by atoms with Crippen LogP contribution in [0, 0.1) is 6.92 Å². The fraction of sp³-hybridized carbons (Fsp3) is 0.231. The van der Waals surface area contributed by atoms with E-state index in [2.05, 4.69) is 19.7 Å². The molecule has 8 heteroatoms. The second-order valence-electron chi connectivity index (χ2n) is 4.26. The predicted octanol–water partition coefficient (Wildman–Crippen LogP) is 4.72. The first-order valence-corrected chi connectivity index (χ1v) is 11.7. The Morgan fingerprint density at radius 3 is 2.62 bits per heavy atom. The third kappa shape index (κ3) is 4.66. The van der Waals surface area contributed by atoms with Gasteiger partial charge in [0.25, 0.3) is 10.0 Å². The molecule has 1 aromatic carbocycles. The molecule has 0 N–H and O–H groups in total. The van der Waals surface area contributed by atoms with Crippen molar-refractivity contribution < 1.29 is 8.42 Å². The van der Waals surface area contributed by atoms with Gasteiger partial charge in [-0.2, -0.15) is 0 Å². The largest absolute Gasteiger partial charge is 0.256 e. The molecule has 0 radical (unpaired) electrons. The van der Waals surface area contributed by atoms with Crippen LogP contribution in [0.3, 0.4) is 0 Å². The first-order chi connectivity index (χ1) is 9.80. The van der Waals surface area contributed by atoms with Crippen LogP contribution in [0.1, 0.15) is 4.88 Å². The molecule has 1 heterocycles. The molecule has 1 atom stereocenters. The molecule has 3 nitrogen and oxygen atoms in total. The summed E-state index contributed by atoms with van der Waals surface area (Å²) in [7, 11) is -4.26. The van der Waals surface area contributed by atoms with Gasteiger partial charge in [0, 0.05) is 19.1 Å². The molecule has 0 fully saturated rings. The standard InChI is InChI=1S/C13H14BrNO2S4/c1-9-7-12(13(18-2)19-9)20(15-21(3,16)17)11-6-4-5-10(14)8-11/h4-8H,1-3H3. The zero-order valence-electron chi connectivity index (χ0n) is 11.7. The van der Waals surface area contributed by atoms with Crippen molar-refractivity contribution in [2.24, 2.45) is 3.77 Å². The molecule has 114 valence electrons. The van der Waals surface area contributed by atoms with Crippen molar-refractivity contribution >= 4 is 59.7 Å². The summed E-state index contributed by atoms with van der Waals surface area (Å²) < 4.78 is 29.5. The normalized spacial score (nSPS) is 13.5. The number of hydrogen-bond acceptors (Lipinski definition) is 4. The molecule has 21 heavy (non-hydrogen) atoms. The van der Waals surface area contributed by atoms with Crippen LogP contribution in [0.5, 0.6) is 0 Å². The van der Waals surface area contributed by atoms with E-state index in [0.29, 0.717) is 0 Å². The lowest BCUT2D eigenvalue weighted by Crippen LogP contribution is -1.99. The van der Waals surface area contributed by atoms with Gasteiger partial charge in [-0.25, -0.2) is 8.42 Å². The molecular weight excluding hydrogens is 410 g/mol. The van der Waals surface area contributed by atoms with E-state index in [1.807, 2.05) is 43.5 Å². The van der Waals surface area contributed by atoms with Crippen molar-refractivity contribution in [2.45, 2.75) is 20.9 Å². The van der Waals surface area contributed by atoms with Crippen molar-refractivity contribution in [3.63, 3.8) is 0 Å². The fourth-order valence-electron chi connectivity index (χ4n) is 1.68. The van der Waals surface area contributed by atoms with Gasteiger partial charge in [-0.05, 0) is 48.1 Å². The van der Waals surface area contributed by atoms with Gasteiger partial charge in [-0.1, -0.05) is 22.0 Å². The highest BCUT2D eigenvalue weighted by molar-refractivity contribution is 9.10. The second kappa shape index (κ2) is 6.95. The molecule has 0 aliphatic carbocycles. The maximum atomic E-state index is 11.7. The maximum absolute atomic E-state index is 11.7. The lowest BCUT2D eigenvalue weighted by Gasteiger charge is -2.08. The Balaban J connectivity index is 2.70. The molecule has 0 amide bonds. The van der Waals surface area contributed by atoms with Crippen molar-refractivity contribution in [1.82, 2.24) is 0 Å². The third-order valence-corrected chi connectivity index (χ3v) is 8.47. The summed E-state index contributed by atoms with van der Waals surface area (Å²) in [5, 5.41) is 0.